The molecule has 1 aliphatic heterocycles. The summed E-state index contributed by atoms with van der Waals surface area (Å²) in [4.78, 5) is 0. The number of ether oxygens (including phenoxy) is 1. The van der Waals surface area contributed by atoms with Crippen molar-refractivity contribution < 1.29 is 9.84 Å². The zero-order valence-electron chi connectivity index (χ0n) is 9.97. The second kappa shape index (κ2) is 4.44. The van der Waals surface area contributed by atoms with Gasteiger partial charge in [-0.3, -0.25) is 0 Å². The van der Waals surface area contributed by atoms with Gasteiger partial charge in [-0.15, -0.1) is 0 Å². The highest BCUT2D eigenvalue weighted by Gasteiger charge is 2.36. The SMILES string of the molecule is OC1(c2cccc(Oc3ccccc3)c2)CNC1. The van der Waals surface area contributed by atoms with Crippen molar-refractivity contribution in [2.75, 3.05) is 13.1 Å². The van der Waals surface area contributed by atoms with Crippen LogP contribution in [-0.2, 0) is 5.60 Å². The van der Waals surface area contributed by atoms with Gasteiger partial charge in [0, 0.05) is 13.1 Å². The number of β-amino-alcohol motifs (C(OH)–C–C–N with tert-alkyl or cyclic N) is 1. The van der Waals surface area contributed by atoms with Crippen molar-refractivity contribution in [2.24, 2.45) is 0 Å². The van der Waals surface area contributed by atoms with E-state index < -0.39 is 5.60 Å². The summed E-state index contributed by atoms with van der Waals surface area (Å²) in [5, 5.41) is 13.3. The van der Waals surface area contributed by atoms with Crippen LogP contribution in [-0.4, -0.2) is 18.2 Å². The van der Waals surface area contributed by atoms with Gasteiger partial charge in [0.05, 0.1) is 0 Å². The first-order valence-electron chi connectivity index (χ1n) is 6.03. The summed E-state index contributed by atoms with van der Waals surface area (Å²) >= 11 is 0. The molecule has 1 saturated heterocycles. The fraction of sp³-hybridized carbons (Fsp3) is 0.200. The third-order valence-corrected chi connectivity index (χ3v) is 3.19. The van der Waals surface area contributed by atoms with E-state index in [4.69, 9.17) is 4.74 Å². The molecule has 0 amide bonds. The molecule has 0 saturated carbocycles. The molecule has 0 spiro atoms. The van der Waals surface area contributed by atoms with Gasteiger partial charge in [0.2, 0.25) is 0 Å². The Morgan fingerprint density at radius 3 is 2.33 bits per heavy atom. The Morgan fingerprint density at radius 2 is 1.67 bits per heavy atom. The Kier molecular flexibility index (Phi) is 2.78. The maximum Gasteiger partial charge on any atom is 0.127 e. The first-order valence-corrected chi connectivity index (χ1v) is 6.03. The van der Waals surface area contributed by atoms with Crippen molar-refractivity contribution in [1.29, 1.82) is 0 Å². The molecule has 0 bridgehead atoms. The summed E-state index contributed by atoms with van der Waals surface area (Å²) in [5.74, 6) is 1.55. The van der Waals surface area contributed by atoms with Crippen LogP contribution in [0.2, 0.25) is 0 Å². The number of para-hydroxylation sites is 1. The normalized spacial score (nSPS) is 16.9. The van der Waals surface area contributed by atoms with Gasteiger partial charge in [-0.05, 0) is 29.8 Å². The highest BCUT2D eigenvalue weighted by Crippen LogP contribution is 2.29. The minimum absolute atomic E-state index is 0.599. The molecule has 3 heteroatoms. The van der Waals surface area contributed by atoms with Crippen molar-refractivity contribution in [2.45, 2.75) is 5.60 Å². The van der Waals surface area contributed by atoms with Gasteiger partial charge in [-0.2, -0.15) is 0 Å². The molecular formula is C15H15NO2. The van der Waals surface area contributed by atoms with Crippen LogP contribution < -0.4 is 10.1 Å². The third kappa shape index (κ3) is 2.10. The molecule has 3 rings (SSSR count). The van der Waals surface area contributed by atoms with Crippen LogP contribution in [0.4, 0.5) is 0 Å². The van der Waals surface area contributed by atoms with Crippen molar-refractivity contribution in [1.82, 2.24) is 5.32 Å². The topological polar surface area (TPSA) is 41.5 Å². The Morgan fingerprint density at radius 1 is 0.944 bits per heavy atom. The maximum absolute atomic E-state index is 10.3. The van der Waals surface area contributed by atoms with Crippen molar-refractivity contribution >= 4 is 0 Å². The number of benzene rings is 2. The van der Waals surface area contributed by atoms with E-state index >= 15 is 0 Å². The fourth-order valence-corrected chi connectivity index (χ4v) is 2.04. The van der Waals surface area contributed by atoms with E-state index in [9.17, 15) is 5.11 Å². The van der Waals surface area contributed by atoms with E-state index in [1.807, 2.05) is 54.6 Å². The Bertz CT molecular complexity index is 535. The Balaban J connectivity index is 1.83. The lowest BCUT2D eigenvalue weighted by Crippen LogP contribution is -2.56. The molecule has 0 atom stereocenters. The molecule has 0 unspecified atom stereocenters. The smallest absolute Gasteiger partial charge is 0.127 e. The number of nitrogens with one attached hydrogen (secondary N) is 1. The van der Waals surface area contributed by atoms with Crippen LogP contribution in [0.15, 0.2) is 54.6 Å². The predicted molar refractivity (Wildman–Crippen MR) is 69.7 cm³/mol. The van der Waals surface area contributed by atoms with Gasteiger partial charge in [-0.25, -0.2) is 0 Å². The first-order chi connectivity index (χ1) is 8.76. The number of hydrogen-bond acceptors (Lipinski definition) is 3. The molecule has 92 valence electrons. The van der Waals surface area contributed by atoms with Crippen LogP contribution >= 0.6 is 0 Å². The molecule has 1 aliphatic rings. The molecule has 2 aromatic rings. The van der Waals surface area contributed by atoms with E-state index in [1.54, 1.807) is 0 Å². The van der Waals surface area contributed by atoms with Gasteiger partial charge >= 0.3 is 0 Å². The van der Waals surface area contributed by atoms with E-state index in [0.717, 1.165) is 17.1 Å². The zero-order chi connectivity index (χ0) is 12.4. The van der Waals surface area contributed by atoms with Crippen LogP contribution in [0.1, 0.15) is 5.56 Å². The Labute approximate surface area is 106 Å². The lowest BCUT2D eigenvalue weighted by Gasteiger charge is -2.38. The van der Waals surface area contributed by atoms with Crippen molar-refractivity contribution in [3.63, 3.8) is 0 Å². The molecule has 1 fully saturated rings. The van der Waals surface area contributed by atoms with Crippen LogP contribution in [0.25, 0.3) is 0 Å². The molecule has 1 heterocycles. The first kappa shape index (κ1) is 11.3. The minimum Gasteiger partial charge on any atom is -0.457 e. The molecule has 3 nitrogen and oxygen atoms in total. The summed E-state index contributed by atoms with van der Waals surface area (Å²) in [6, 6.07) is 17.3. The van der Waals surface area contributed by atoms with Gasteiger partial charge in [0.25, 0.3) is 0 Å². The monoisotopic (exact) mass is 241 g/mol. The predicted octanol–water partition coefficient (Wildman–Crippen LogP) is 2.27. The number of rotatable bonds is 3. The lowest BCUT2D eigenvalue weighted by atomic mass is 9.88. The van der Waals surface area contributed by atoms with Crippen molar-refractivity contribution in [3.8, 4) is 11.5 Å². The summed E-state index contributed by atoms with van der Waals surface area (Å²) < 4.78 is 5.75. The van der Waals surface area contributed by atoms with Gasteiger partial charge in [-0.1, -0.05) is 30.3 Å². The quantitative estimate of drug-likeness (QED) is 0.866. The highest BCUT2D eigenvalue weighted by atomic mass is 16.5. The molecular weight excluding hydrogens is 226 g/mol. The van der Waals surface area contributed by atoms with Gasteiger partial charge < -0.3 is 15.2 Å². The van der Waals surface area contributed by atoms with E-state index in [0.29, 0.717) is 13.1 Å². The summed E-state index contributed by atoms with van der Waals surface area (Å²) in [5.41, 5.74) is 0.158. The van der Waals surface area contributed by atoms with E-state index in [1.165, 1.54) is 0 Å². The van der Waals surface area contributed by atoms with E-state index in [-0.39, 0.29) is 0 Å². The summed E-state index contributed by atoms with van der Waals surface area (Å²) in [6.45, 7) is 1.20. The minimum atomic E-state index is -0.740. The Hall–Kier alpha value is -1.84. The molecule has 2 aromatic carbocycles. The standard InChI is InChI=1S/C15H15NO2/c17-15(10-16-11-15)12-5-4-8-14(9-12)18-13-6-2-1-3-7-13/h1-9,16-17H,10-11H2. The van der Waals surface area contributed by atoms with Crippen LogP contribution in [0.5, 0.6) is 11.5 Å². The highest BCUT2D eigenvalue weighted by molar-refractivity contribution is 5.37. The third-order valence-electron chi connectivity index (χ3n) is 3.19. The molecule has 0 aliphatic carbocycles. The lowest BCUT2D eigenvalue weighted by molar-refractivity contribution is -0.0147. The fourth-order valence-electron chi connectivity index (χ4n) is 2.04. The van der Waals surface area contributed by atoms with Crippen LogP contribution in [0, 0.1) is 0 Å². The summed E-state index contributed by atoms with van der Waals surface area (Å²) in [7, 11) is 0. The second-order valence-electron chi connectivity index (χ2n) is 4.58. The average Bonchev–Trinajstić information content (AvgIpc) is 2.37. The molecule has 0 radical (unpaired) electrons. The van der Waals surface area contributed by atoms with Crippen LogP contribution in [0.3, 0.4) is 0 Å². The van der Waals surface area contributed by atoms with E-state index in [2.05, 4.69) is 5.32 Å². The van der Waals surface area contributed by atoms with Gasteiger partial charge in [0.15, 0.2) is 0 Å². The number of hydrogen-bond donors (Lipinski definition) is 2. The molecule has 18 heavy (non-hydrogen) atoms. The number of aliphatic hydroxyl groups is 1. The largest absolute Gasteiger partial charge is 0.457 e. The van der Waals surface area contributed by atoms with Crippen molar-refractivity contribution in [3.05, 3.63) is 60.2 Å². The second-order valence-corrected chi connectivity index (χ2v) is 4.58. The zero-order valence-corrected chi connectivity index (χ0v) is 9.97. The maximum atomic E-state index is 10.3. The molecule has 0 aromatic heterocycles. The average molecular weight is 241 g/mol. The molecule has 2 N–H and O–H groups in total. The van der Waals surface area contributed by atoms with Gasteiger partial charge in [0.1, 0.15) is 17.1 Å². The summed E-state index contributed by atoms with van der Waals surface area (Å²) in [6.07, 6.45) is 0.